The maximum Gasteiger partial charge on any atom is 0.0110 e. The lowest BCUT2D eigenvalue weighted by Gasteiger charge is -2.31. The molecule has 0 aliphatic heterocycles. The van der Waals surface area contributed by atoms with Crippen LogP contribution in [0.4, 0.5) is 0 Å². The molecule has 0 spiro atoms. The molecular formula is C9H22N2. The van der Waals surface area contributed by atoms with Gasteiger partial charge in [-0.05, 0) is 27.2 Å². The van der Waals surface area contributed by atoms with E-state index in [1.165, 1.54) is 6.42 Å². The number of rotatable bonds is 5. The van der Waals surface area contributed by atoms with Gasteiger partial charge >= 0.3 is 0 Å². The Morgan fingerprint density at radius 3 is 2.09 bits per heavy atom. The Morgan fingerprint density at radius 1 is 1.27 bits per heavy atom. The van der Waals surface area contributed by atoms with Gasteiger partial charge in [-0.25, -0.2) is 0 Å². The van der Waals surface area contributed by atoms with E-state index in [1.54, 1.807) is 0 Å². The van der Waals surface area contributed by atoms with Crippen LogP contribution in [0.3, 0.4) is 0 Å². The lowest BCUT2D eigenvalue weighted by atomic mass is 10.2. The molecule has 0 aliphatic rings. The first-order chi connectivity index (χ1) is 5.13. The molecule has 11 heavy (non-hydrogen) atoms. The van der Waals surface area contributed by atoms with Crippen LogP contribution in [0.2, 0.25) is 0 Å². The fourth-order valence-electron chi connectivity index (χ4n) is 1.37. The summed E-state index contributed by atoms with van der Waals surface area (Å²) >= 11 is 0. The Kier molecular flexibility index (Phi) is 5.51. The highest BCUT2D eigenvalue weighted by molar-refractivity contribution is 4.69. The highest BCUT2D eigenvalue weighted by atomic mass is 15.2. The third-order valence-electron chi connectivity index (χ3n) is 2.21. The van der Waals surface area contributed by atoms with Crippen molar-refractivity contribution in [2.45, 2.75) is 46.2 Å². The van der Waals surface area contributed by atoms with Crippen LogP contribution >= 0.6 is 0 Å². The maximum atomic E-state index is 5.52. The van der Waals surface area contributed by atoms with Gasteiger partial charge in [0.2, 0.25) is 0 Å². The molecule has 0 aromatic carbocycles. The fraction of sp³-hybridized carbons (Fsp3) is 1.00. The van der Waals surface area contributed by atoms with Crippen molar-refractivity contribution < 1.29 is 0 Å². The van der Waals surface area contributed by atoms with Gasteiger partial charge in [0.05, 0.1) is 0 Å². The zero-order valence-electron chi connectivity index (χ0n) is 8.30. The Hall–Kier alpha value is -0.0800. The molecule has 0 fully saturated rings. The van der Waals surface area contributed by atoms with Gasteiger partial charge in [0, 0.05) is 25.2 Å². The van der Waals surface area contributed by atoms with E-state index in [4.69, 9.17) is 5.73 Å². The summed E-state index contributed by atoms with van der Waals surface area (Å²) in [4.78, 5) is 2.44. The van der Waals surface area contributed by atoms with E-state index in [0.717, 1.165) is 13.1 Å². The highest BCUT2D eigenvalue weighted by Gasteiger charge is 2.13. The topological polar surface area (TPSA) is 29.3 Å². The first-order valence-electron chi connectivity index (χ1n) is 4.59. The van der Waals surface area contributed by atoms with Gasteiger partial charge in [-0.2, -0.15) is 0 Å². The van der Waals surface area contributed by atoms with E-state index >= 15 is 0 Å². The van der Waals surface area contributed by atoms with Crippen molar-refractivity contribution in [3.8, 4) is 0 Å². The summed E-state index contributed by atoms with van der Waals surface area (Å²) in [6.07, 6.45) is 1.21. The van der Waals surface area contributed by atoms with Crippen molar-refractivity contribution in [3.63, 3.8) is 0 Å². The molecule has 2 N–H and O–H groups in total. The summed E-state index contributed by atoms with van der Waals surface area (Å²) in [7, 11) is 0. The minimum atomic E-state index is 0.619. The molecule has 0 aromatic heterocycles. The Labute approximate surface area is 70.8 Å². The van der Waals surface area contributed by atoms with Crippen LogP contribution in [0.1, 0.15) is 34.1 Å². The second-order valence-corrected chi connectivity index (χ2v) is 3.38. The summed E-state index contributed by atoms with van der Waals surface area (Å²) in [5, 5.41) is 0. The predicted octanol–water partition coefficient (Wildman–Crippen LogP) is 1.45. The molecule has 0 heterocycles. The largest absolute Gasteiger partial charge is 0.329 e. The Bertz CT molecular complexity index is 91.6. The number of nitrogens with two attached hydrogens (primary N) is 1. The average molecular weight is 158 g/mol. The summed E-state index contributed by atoms with van der Waals surface area (Å²) < 4.78 is 0. The van der Waals surface area contributed by atoms with Crippen molar-refractivity contribution in [3.05, 3.63) is 0 Å². The standard InChI is InChI=1S/C9H22N2/c1-5-9(4)11(7-6-10)8(2)3/h8-9H,5-7,10H2,1-4H3. The molecule has 2 heteroatoms. The summed E-state index contributed by atoms with van der Waals surface area (Å²) in [5.41, 5.74) is 5.52. The first kappa shape index (κ1) is 10.9. The molecule has 1 unspecified atom stereocenters. The molecular weight excluding hydrogens is 136 g/mol. The van der Waals surface area contributed by atoms with Crippen molar-refractivity contribution >= 4 is 0 Å². The van der Waals surface area contributed by atoms with Crippen LogP contribution < -0.4 is 5.73 Å². The summed E-state index contributed by atoms with van der Waals surface area (Å²) in [6, 6.07) is 1.28. The molecule has 1 atom stereocenters. The third kappa shape index (κ3) is 3.73. The SMILES string of the molecule is CCC(C)N(CCN)C(C)C. The predicted molar refractivity (Wildman–Crippen MR) is 50.6 cm³/mol. The highest BCUT2D eigenvalue weighted by Crippen LogP contribution is 2.06. The average Bonchev–Trinajstić information content (AvgIpc) is 1.98. The zero-order chi connectivity index (χ0) is 8.85. The van der Waals surface area contributed by atoms with Crippen LogP contribution in [0.5, 0.6) is 0 Å². The second kappa shape index (κ2) is 5.56. The Balaban J connectivity index is 3.87. The summed E-state index contributed by atoms with van der Waals surface area (Å²) in [5.74, 6) is 0. The molecule has 0 saturated heterocycles. The molecule has 0 aliphatic carbocycles. The van der Waals surface area contributed by atoms with Crippen molar-refractivity contribution in [2.75, 3.05) is 13.1 Å². The minimum absolute atomic E-state index is 0.619. The minimum Gasteiger partial charge on any atom is -0.329 e. The van der Waals surface area contributed by atoms with Crippen LogP contribution in [-0.2, 0) is 0 Å². The quantitative estimate of drug-likeness (QED) is 0.656. The van der Waals surface area contributed by atoms with Crippen molar-refractivity contribution in [2.24, 2.45) is 5.73 Å². The van der Waals surface area contributed by atoms with Crippen molar-refractivity contribution in [1.82, 2.24) is 4.90 Å². The van der Waals surface area contributed by atoms with Gasteiger partial charge in [-0.1, -0.05) is 6.92 Å². The number of nitrogens with zero attached hydrogens (tertiary/aromatic N) is 1. The smallest absolute Gasteiger partial charge is 0.0110 e. The van der Waals surface area contributed by atoms with Crippen LogP contribution in [0.25, 0.3) is 0 Å². The van der Waals surface area contributed by atoms with E-state index in [9.17, 15) is 0 Å². The van der Waals surface area contributed by atoms with E-state index in [1.807, 2.05) is 0 Å². The molecule has 0 bridgehead atoms. The molecule has 0 rings (SSSR count). The fourth-order valence-corrected chi connectivity index (χ4v) is 1.37. The molecule has 0 amide bonds. The van der Waals surface area contributed by atoms with Gasteiger partial charge in [0.15, 0.2) is 0 Å². The Morgan fingerprint density at radius 2 is 1.82 bits per heavy atom. The second-order valence-electron chi connectivity index (χ2n) is 3.38. The number of hydrogen-bond acceptors (Lipinski definition) is 2. The van der Waals surface area contributed by atoms with E-state index in [2.05, 4.69) is 32.6 Å². The van der Waals surface area contributed by atoms with E-state index in [0.29, 0.717) is 12.1 Å². The maximum absolute atomic E-state index is 5.52. The molecule has 68 valence electrons. The number of hydrogen-bond donors (Lipinski definition) is 1. The first-order valence-corrected chi connectivity index (χ1v) is 4.59. The van der Waals surface area contributed by atoms with Gasteiger partial charge in [0.25, 0.3) is 0 Å². The molecule has 2 nitrogen and oxygen atoms in total. The van der Waals surface area contributed by atoms with E-state index in [-0.39, 0.29) is 0 Å². The van der Waals surface area contributed by atoms with Gasteiger partial charge in [-0.15, -0.1) is 0 Å². The normalized spacial score (nSPS) is 14.5. The molecule has 0 saturated carbocycles. The van der Waals surface area contributed by atoms with Crippen LogP contribution in [0.15, 0.2) is 0 Å². The van der Waals surface area contributed by atoms with Gasteiger partial charge in [0.1, 0.15) is 0 Å². The summed E-state index contributed by atoms with van der Waals surface area (Å²) in [6.45, 7) is 10.7. The lowest BCUT2D eigenvalue weighted by molar-refractivity contribution is 0.165. The zero-order valence-corrected chi connectivity index (χ0v) is 8.30. The molecule has 0 radical (unpaired) electrons. The van der Waals surface area contributed by atoms with Gasteiger partial charge in [-0.3, -0.25) is 4.90 Å². The molecule has 0 aromatic rings. The van der Waals surface area contributed by atoms with Crippen LogP contribution in [-0.4, -0.2) is 30.1 Å². The van der Waals surface area contributed by atoms with Gasteiger partial charge < -0.3 is 5.73 Å². The van der Waals surface area contributed by atoms with Crippen LogP contribution in [0, 0.1) is 0 Å². The monoisotopic (exact) mass is 158 g/mol. The third-order valence-corrected chi connectivity index (χ3v) is 2.21. The van der Waals surface area contributed by atoms with Crippen molar-refractivity contribution in [1.29, 1.82) is 0 Å². The lowest BCUT2D eigenvalue weighted by Crippen LogP contribution is -2.41. The van der Waals surface area contributed by atoms with E-state index < -0.39 is 0 Å².